The fraction of sp³-hybridized carbons (Fsp3) is 0.389. The Labute approximate surface area is 165 Å². The number of benzene rings is 1. The van der Waals surface area contributed by atoms with Gasteiger partial charge in [-0.2, -0.15) is 0 Å². The topological polar surface area (TPSA) is 71.5 Å². The second kappa shape index (κ2) is 9.18. The molecule has 2 aromatic rings. The van der Waals surface area contributed by atoms with Gasteiger partial charge in [0.2, 0.25) is 5.91 Å². The summed E-state index contributed by atoms with van der Waals surface area (Å²) in [5.74, 6) is 0.451. The molecule has 0 fully saturated rings. The number of thioether (sulfide) groups is 1. The number of thiazole rings is 1. The van der Waals surface area contributed by atoms with Crippen LogP contribution in [0.5, 0.6) is 0 Å². The highest BCUT2D eigenvalue weighted by atomic mass is 32.2. The molecule has 9 heteroatoms. The lowest BCUT2D eigenvalue weighted by Gasteiger charge is -2.24. The number of rotatable bonds is 6. The van der Waals surface area contributed by atoms with Crippen LogP contribution in [0.15, 0.2) is 29.2 Å². The number of amides is 2. The quantitative estimate of drug-likeness (QED) is 0.578. The molecular weight excluding hydrogens is 389 g/mol. The summed E-state index contributed by atoms with van der Waals surface area (Å²) in [6, 6.07) is 6.33. The molecule has 0 unspecified atom stereocenters. The molecule has 0 spiro atoms. The van der Waals surface area contributed by atoms with Crippen molar-refractivity contribution in [2.45, 2.75) is 30.7 Å². The lowest BCUT2D eigenvalue weighted by molar-refractivity contribution is -0.116. The van der Waals surface area contributed by atoms with Crippen molar-refractivity contribution in [1.29, 1.82) is 0 Å². The van der Waals surface area contributed by atoms with Crippen LogP contribution in [0.2, 0.25) is 0 Å². The lowest BCUT2D eigenvalue weighted by Crippen LogP contribution is -2.35. The maximum atomic E-state index is 12.9. The highest BCUT2D eigenvalue weighted by molar-refractivity contribution is 7.99. The number of hydrogen-bond acceptors (Lipinski definition) is 6. The number of anilines is 1. The molecule has 2 amide bonds. The minimum absolute atomic E-state index is 0.0781. The van der Waals surface area contributed by atoms with Crippen molar-refractivity contribution in [1.82, 2.24) is 9.88 Å². The van der Waals surface area contributed by atoms with Gasteiger partial charge in [0.05, 0.1) is 19.3 Å². The van der Waals surface area contributed by atoms with E-state index in [2.05, 4.69) is 10.3 Å². The van der Waals surface area contributed by atoms with E-state index in [-0.39, 0.29) is 17.8 Å². The lowest BCUT2D eigenvalue weighted by atomic mass is 10.2. The predicted octanol–water partition coefficient (Wildman–Crippen LogP) is 3.92. The SMILES string of the molecule is COC(=O)N1CCc2nc(NC(=O)CCCSc3ccc(F)cc3)sc2C1. The van der Waals surface area contributed by atoms with E-state index in [1.54, 1.807) is 28.8 Å². The van der Waals surface area contributed by atoms with E-state index < -0.39 is 0 Å². The van der Waals surface area contributed by atoms with Crippen LogP contribution < -0.4 is 5.32 Å². The molecule has 0 saturated carbocycles. The van der Waals surface area contributed by atoms with Crippen molar-refractivity contribution in [2.75, 3.05) is 24.7 Å². The van der Waals surface area contributed by atoms with Crippen LogP contribution >= 0.6 is 23.1 Å². The van der Waals surface area contributed by atoms with Crippen molar-refractivity contribution >= 4 is 40.2 Å². The summed E-state index contributed by atoms with van der Waals surface area (Å²) >= 11 is 3.00. The third-order valence-electron chi connectivity index (χ3n) is 4.04. The first kappa shape index (κ1) is 19.6. The van der Waals surface area contributed by atoms with Crippen molar-refractivity contribution in [3.05, 3.63) is 40.7 Å². The van der Waals surface area contributed by atoms with Gasteiger partial charge in [0.25, 0.3) is 0 Å². The minimum Gasteiger partial charge on any atom is -0.453 e. The zero-order valence-electron chi connectivity index (χ0n) is 14.9. The van der Waals surface area contributed by atoms with E-state index >= 15 is 0 Å². The van der Waals surface area contributed by atoms with Crippen molar-refractivity contribution in [3.8, 4) is 0 Å². The molecule has 1 aromatic heterocycles. The van der Waals surface area contributed by atoms with E-state index in [1.807, 2.05) is 0 Å². The maximum Gasteiger partial charge on any atom is 0.409 e. The number of ether oxygens (including phenoxy) is 1. The van der Waals surface area contributed by atoms with E-state index in [0.29, 0.717) is 31.1 Å². The van der Waals surface area contributed by atoms with Gasteiger partial charge in [-0.3, -0.25) is 4.79 Å². The Balaban J connectivity index is 1.43. The fourth-order valence-corrected chi connectivity index (χ4v) is 4.56. The Hall–Kier alpha value is -2.13. The van der Waals surface area contributed by atoms with Gasteiger partial charge < -0.3 is 15.0 Å². The Morgan fingerprint density at radius 1 is 1.37 bits per heavy atom. The molecule has 1 aliphatic heterocycles. The summed E-state index contributed by atoms with van der Waals surface area (Å²) < 4.78 is 17.6. The number of fused-ring (bicyclic) bond motifs is 1. The van der Waals surface area contributed by atoms with Gasteiger partial charge >= 0.3 is 6.09 Å². The molecule has 0 radical (unpaired) electrons. The minimum atomic E-state index is -0.349. The number of halogens is 1. The van der Waals surface area contributed by atoms with Gasteiger partial charge in [-0.05, 0) is 36.4 Å². The third-order valence-corrected chi connectivity index (χ3v) is 6.14. The van der Waals surface area contributed by atoms with Gasteiger partial charge in [0.1, 0.15) is 5.82 Å². The van der Waals surface area contributed by atoms with Gasteiger partial charge in [-0.1, -0.05) is 11.3 Å². The summed E-state index contributed by atoms with van der Waals surface area (Å²) in [6.45, 7) is 1.03. The molecular formula is C18H20FN3O3S2. The molecule has 0 aliphatic carbocycles. The average molecular weight is 410 g/mol. The summed E-state index contributed by atoms with van der Waals surface area (Å²) in [5, 5.41) is 3.41. The van der Waals surface area contributed by atoms with Crippen molar-refractivity contribution < 1.29 is 18.7 Å². The molecule has 1 N–H and O–H groups in total. The Bertz CT molecular complexity index is 811. The summed E-state index contributed by atoms with van der Waals surface area (Å²) in [5.41, 5.74) is 0.933. The summed E-state index contributed by atoms with van der Waals surface area (Å²) in [7, 11) is 1.37. The van der Waals surface area contributed by atoms with E-state index in [1.165, 1.54) is 30.6 Å². The molecule has 0 saturated heterocycles. The number of nitrogens with one attached hydrogen (secondary N) is 1. The first-order valence-electron chi connectivity index (χ1n) is 8.55. The first-order valence-corrected chi connectivity index (χ1v) is 10.3. The smallest absolute Gasteiger partial charge is 0.409 e. The normalized spacial score (nSPS) is 13.2. The third kappa shape index (κ3) is 5.43. The molecule has 1 aliphatic rings. The van der Waals surface area contributed by atoms with Crippen LogP contribution in [0.3, 0.4) is 0 Å². The summed E-state index contributed by atoms with van der Waals surface area (Å²) in [4.78, 5) is 31.8. The second-order valence-electron chi connectivity index (χ2n) is 5.98. The number of carbonyl (C=O) groups is 2. The first-order chi connectivity index (χ1) is 13.0. The van der Waals surface area contributed by atoms with Crippen LogP contribution in [0, 0.1) is 5.82 Å². The van der Waals surface area contributed by atoms with E-state index in [0.717, 1.165) is 27.6 Å². The highest BCUT2D eigenvalue weighted by Crippen LogP contribution is 2.28. The van der Waals surface area contributed by atoms with Gasteiger partial charge in [-0.25, -0.2) is 14.2 Å². The Morgan fingerprint density at radius 3 is 2.89 bits per heavy atom. The maximum absolute atomic E-state index is 12.9. The van der Waals surface area contributed by atoms with Crippen LogP contribution in [0.4, 0.5) is 14.3 Å². The van der Waals surface area contributed by atoms with Gasteiger partial charge in [-0.15, -0.1) is 11.8 Å². The van der Waals surface area contributed by atoms with Crippen LogP contribution in [0.25, 0.3) is 0 Å². The molecule has 1 aromatic carbocycles. The average Bonchev–Trinajstić information content (AvgIpc) is 3.07. The number of aromatic nitrogens is 1. The largest absolute Gasteiger partial charge is 0.453 e. The molecule has 27 heavy (non-hydrogen) atoms. The van der Waals surface area contributed by atoms with Gasteiger partial charge in [0, 0.05) is 29.2 Å². The number of carbonyl (C=O) groups excluding carboxylic acids is 2. The molecule has 6 nitrogen and oxygen atoms in total. The van der Waals surface area contributed by atoms with E-state index in [9.17, 15) is 14.0 Å². The van der Waals surface area contributed by atoms with E-state index in [4.69, 9.17) is 4.74 Å². The highest BCUT2D eigenvalue weighted by Gasteiger charge is 2.24. The number of methoxy groups -OCH3 is 1. The Morgan fingerprint density at radius 2 is 2.15 bits per heavy atom. The summed E-state index contributed by atoms with van der Waals surface area (Å²) in [6.07, 6.45) is 1.42. The van der Waals surface area contributed by atoms with Crippen LogP contribution in [-0.4, -0.2) is 41.3 Å². The predicted molar refractivity (Wildman–Crippen MR) is 104 cm³/mol. The number of hydrogen-bond donors (Lipinski definition) is 1. The standard InChI is InChI=1S/C18H20FN3O3S2/c1-25-18(24)22-9-8-14-15(11-22)27-17(20-14)21-16(23)3-2-10-26-13-6-4-12(19)5-7-13/h4-7H,2-3,8-11H2,1H3,(H,20,21,23). The number of nitrogens with zero attached hydrogens (tertiary/aromatic N) is 2. The van der Waals surface area contributed by atoms with Crippen molar-refractivity contribution in [3.63, 3.8) is 0 Å². The molecule has 3 rings (SSSR count). The molecule has 0 bridgehead atoms. The molecule has 2 heterocycles. The second-order valence-corrected chi connectivity index (χ2v) is 8.24. The zero-order chi connectivity index (χ0) is 19.2. The Kier molecular flexibility index (Phi) is 6.68. The van der Waals surface area contributed by atoms with Crippen LogP contribution in [-0.2, 0) is 22.5 Å². The van der Waals surface area contributed by atoms with Crippen molar-refractivity contribution in [2.24, 2.45) is 0 Å². The molecule has 144 valence electrons. The molecule has 0 atom stereocenters. The van der Waals surface area contributed by atoms with Crippen LogP contribution in [0.1, 0.15) is 23.4 Å². The van der Waals surface area contributed by atoms with Gasteiger partial charge in [0.15, 0.2) is 5.13 Å². The monoisotopic (exact) mass is 409 g/mol. The fourth-order valence-electron chi connectivity index (χ4n) is 2.67. The zero-order valence-corrected chi connectivity index (χ0v) is 16.5.